The highest BCUT2D eigenvalue weighted by molar-refractivity contribution is 7.89. The van der Waals surface area contributed by atoms with E-state index in [1.807, 2.05) is 35.2 Å². The molecule has 0 radical (unpaired) electrons. The van der Waals surface area contributed by atoms with Gasteiger partial charge >= 0.3 is 0 Å². The van der Waals surface area contributed by atoms with Gasteiger partial charge in [-0.2, -0.15) is 0 Å². The third kappa shape index (κ3) is 6.55. The molecule has 2 aromatic carbocycles. The molecule has 1 saturated heterocycles. The van der Waals surface area contributed by atoms with Crippen molar-refractivity contribution in [3.05, 3.63) is 60.2 Å². The number of nitrogens with one attached hydrogen (secondary N) is 3. The summed E-state index contributed by atoms with van der Waals surface area (Å²) in [6.45, 7) is 1.15. The van der Waals surface area contributed by atoms with Crippen molar-refractivity contribution in [2.75, 3.05) is 18.5 Å². The third-order valence-electron chi connectivity index (χ3n) is 6.08. The van der Waals surface area contributed by atoms with E-state index in [2.05, 4.69) is 15.6 Å². The zero-order chi connectivity index (χ0) is 23.3. The molecule has 1 aliphatic carbocycles. The van der Waals surface area contributed by atoms with Gasteiger partial charge in [-0.1, -0.05) is 30.3 Å². The van der Waals surface area contributed by atoms with E-state index in [4.69, 9.17) is 0 Å². The van der Waals surface area contributed by atoms with Crippen LogP contribution in [0.25, 0.3) is 0 Å². The SMILES string of the molecule is O=C(NNc1ccc(S(=O)(=O)NC2CC2)cc1)C1CCN(C(=O)CCc2ccccc2)CC1. The van der Waals surface area contributed by atoms with Crippen LogP contribution in [0.15, 0.2) is 59.5 Å². The highest BCUT2D eigenvalue weighted by Gasteiger charge is 2.28. The molecule has 2 amide bonds. The molecule has 4 rings (SSSR count). The van der Waals surface area contributed by atoms with Crippen molar-refractivity contribution in [3.8, 4) is 0 Å². The Labute approximate surface area is 194 Å². The summed E-state index contributed by atoms with van der Waals surface area (Å²) < 4.78 is 27.1. The van der Waals surface area contributed by atoms with E-state index in [-0.39, 0.29) is 28.7 Å². The molecule has 0 atom stereocenters. The molecule has 2 fully saturated rings. The standard InChI is InChI=1S/C24H30N4O4S/c29-23(13-6-18-4-2-1-3-5-18)28-16-14-19(15-17-28)24(30)26-25-20-9-11-22(12-10-20)33(31,32)27-21-7-8-21/h1-5,9-12,19,21,25,27H,6-8,13-17H2,(H,26,30). The Balaban J connectivity index is 1.19. The minimum Gasteiger partial charge on any atom is -0.343 e. The molecule has 1 heterocycles. The lowest BCUT2D eigenvalue weighted by Crippen LogP contribution is -2.44. The Morgan fingerprint density at radius 2 is 1.58 bits per heavy atom. The molecule has 2 aliphatic rings. The van der Waals surface area contributed by atoms with E-state index in [9.17, 15) is 18.0 Å². The van der Waals surface area contributed by atoms with Gasteiger partial charge in [0.25, 0.3) is 0 Å². The number of carbonyl (C=O) groups is 2. The van der Waals surface area contributed by atoms with Crippen molar-refractivity contribution < 1.29 is 18.0 Å². The van der Waals surface area contributed by atoms with Gasteiger partial charge in [0.2, 0.25) is 21.8 Å². The number of amides is 2. The lowest BCUT2D eigenvalue weighted by Gasteiger charge is -2.31. The second-order valence-corrected chi connectivity index (χ2v) is 10.4. The molecule has 8 nitrogen and oxygen atoms in total. The summed E-state index contributed by atoms with van der Waals surface area (Å²) in [5, 5.41) is 0. The summed E-state index contributed by atoms with van der Waals surface area (Å²) in [6.07, 6.45) is 4.20. The topological polar surface area (TPSA) is 108 Å². The smallest absolute Gasteiger partial charge is 0.241 e. The number of carbonyl (C=O) groups excluding carboxylic acids is 2. The monoisotopic (exact) mass is 470 g/mol. The highest BCUT2D eigenvalue weighted by Crippen LogP contribution is 2.23. The quantitative estimate of drug-likeness (QED) is 0.488. The molecule has 1 saturated carbocycles. The number of hydrogen-bond acceptors (Lipinski definition) is 5. The summed E-state index contributed by atoms with van der Waals surface area (Å²) in [6, 6.07) is 16.3. The van der Waals surface area contributed by atoms with E-state index >= 15 is 0 Å². The predicted molar refractivity (Wildman–Crippen MR) is 126 cm³/mol. The van der Waals surface area contributed by atoms with Crippen molar-refractivity contribution in [2.24, 2.45) is 5.92 Å². The average molecular weight is 471 g/mol. The largest absolute Gasteiger partial charge is 0.343 e. The van der Waals surface area contributed by atoms with Crippen LogP contribution < -0.4 is 15.6 Å². The van der Waals surface area contributed by atoms with Crippen LogP contribution in [-0.2, 0) is 26.0 Å². The molecule has 0 aromatic heterocycles. The van der Waals surface area contributed by atoms with Gasteiger partial charge in [0.15, 0.2) is 0 Å². The number of likely N-dealkylation sites (tertiary alicyclic amines) is 1. The average Bonchev–Trinajstić information content (AvgIpc) is 3.65. The molecule has 1 aliphatic heterocycles. The molecule has 33 heavy (non-hydrogen) atoms. The van der Waals surface area contributed by atoms with E-state index < -0.39 is 10.0 Å². The maximum atomic E-state index is 12.5. The molecule has 2 aromatic rings. The molecular formula is C24H30N4O4S. The van der Waals surface area contributed by atoms with Gasteiger partial charge in [-0.05, 0) is 61.9 Å². The number of aryl methyl sites for hydroxylation is 1. The molecule has 0 spiro atoms. The lowest BCUT2D eigenvalue weighted by molar-refractivity contribution is -0.135. The van der Waals surface area contributed by atoms with Gasteiger partial charge in [-0.15, -0.1) is 0 Å². The predicted octanol–water partition coefficient (Wildman–Crippen LogP) is 2.44. The van der Waals surface area contributed by atoms with Crippen LogP contribution in [0.3, 0.4) is 0 Å². The van der Waals surface area contributed by atoms with Gasteiger partial charge in [0, 0.05) is 31.5 Å². The van der Waals surface area contributed by atoms with Crippen molar-refractivity contribution in [1.29, 1.82) is 0 Å². The molecule has 0 bridgehead atoms. The highest BCUT2D eigenvalue weighted by atomic mass is 32.2. The fourth-order valence-corrected chi connectivity index (χ4v) is 5.19. The second kappa shape index (κ2) is 10.4. The number of hydrogen-bond donors (Lipinski definition) is 3. The van der Waals surface area contributed by atoms with Crippen molar-refractivity contribution >= 4 is 27.5 Å². The first kappa shape index (κ1) is 23.3. The first-order valence-corrected chi connectivity index (χ1v) is 12.9. The summed E-state index contributed by atoms with van der Waals surface area (Å²) in [7, 11) is -3.49. The number of rotatable bonds is 9. The van der Waals surface area contributed by atoms with E-state index in [0.717, 1.165) is 24.8 Å². The lowest BCUT2D eigenvalue weighted by atomic mass is 9.95. The van der Waals surface area contributed by atoms with Crippen LogP contribution in [0.4, 0.5) is 5.69 Å². The fourth-order valence-electron chi connectivity index (χ4n) is 3.89. The number of sulfonamides is 1. The number of piperidine rings is 1. The Morgan fingerprint density at radius 1 is 0.909 bits per heavy atom. The van der Waals surface area contributed by atoms with Crippen LogP contribution in [0, 0.1) is 5.92 Å². The van der Waals surface area contributed by atoms with Crippen molar-refractivity contribution in [3.63, 3.8) is 0 Å². The van der Waals surface area contributed by atoms with Crippen LogP contribution in [0.2, 0.25) is 0 Å². The van der Waals surface area contributed by atoms with Crippen LogP contribution >= 0.6 is 0 Å². The Morgan fingerprint density at radius 3 is 2.21 bits per heavy atom. The van der Waals surface area contributed by atoms with Crippen molar-refractivity contribution in [1.82, 2.24) is 15.0 Å². The van der Waals surface area contributed by atoms with E-state index in [0.29, 0.717) is 38.0 Å². The maximum Gasteiger partial charge on any atom is 0.241 e. The summed E-state index contributed by atoms with van der Waals surface area (Å²) in [5.41, 5.74) is 7.30. The number of nitrogens with zero attached hydrogens (tertiary/aromatic N) is 1. The zero-order valence-electron chi connectivity index (χ0n) is 18.5. The van der Waals surface area contributed by atoms with Crippen LogP contribution in [-0.4, -0.2) is 44.3 Å². The van der Waals surface area contributed by atoms with Gasteiger partial charge in [0.05, 0.1) is 10.6 Å². The second-order valence-electron chi connectivity index (χ2n) is 8.67. The van der Waals surface area contributed by atoms with Crippen LogP contribution in [0.1, 0.15) is 37.7 Å². The number of benzene rings is 2. The third-order valence-corrected chi connectivity index (χ3v) is 7.62. The molecule has 9 heteroatoms. The van der Waals surface area contributed by atoms with Crippen LogP contribution in [0.5, 0.6) is 0 Å². The van der Waals surface area contributed by atoms with E-state index in [1.165, 1.54) is 12.1 Å². The van der Waals surface area contributed by atoms with Gasteiger partial charge in [-0.3, -0.25) is 20.4 Å². The maximum absolute atomic E-state index is 12.5. The molecule has 3 N–H and O–H groups in total. The molecule has 0 unspecified atom stereocenters. The Hall–Kier alpha value is -2.91. The summed E-state index contributed by atoms with van der Waals surface area (Å²) in [5.74, 6) is -0.168. The van der Waals surface area contributed by atoms with E-state index in [1.54, 1.807) is 12.1 Å². The Bertz CT molecular complexity index is 1060. The molecular weight excluding hydrogens is 440 g/mol. The minimum atomic E-state index is -3.49. The van der Waals surface area contributed by atoms with Gasteiger partial charge in [-0.25, -0.2) is 13.1 Å². The summed E-state index contributed by atoms with van der Waals surface area (Å²) >= 11 is 0. The Kier molecular flexibility index (Phi) is 7.29. The normalized spacial score (nSPS) is 16.9. The first-order chi connectivity index (χ1) is 15.9. The minimum absolute atomic E-state index is 0.0534. The number of anilines is 1. The zero-order valence-corrected chi connectivity index (χ0v) is 19.3. The van der Waals surface area contributed by atoms with Crippen molar-refractivity contribution in [2.45, 2.75) is 49.5 Å². The summed E-state index contributed by atoms with van der Waals surface area (Å²) in [4.78, 5) is 27.1. The number of hydrazine groups is 1. The fraction of sp³-hybridized carbons (Fsp3) is 0.417. The molecule has 176 valence electrons. The van der Waals surface area contributed by atoms with Gasteiger partial charge in [0.1, 0.15) is 0 Å². The van der Waals surface area contributed by atoms with Gasteiger partial charge < -0.3 is 4.90 Å². The first-order valence-electron chi connectivity index (χ1n) is 11.4.